The maximum Gasteiger partial charge on any atom is 0.514 e. The summed E-state index contributed by atoms with van der Waals surface area (Å²) in [7, 11) is 0. The highest BCUT2D eigenvalue weighted by atomic mass is 16.7. The molecule has 0 saturated heterocycles. The molecule has 0 unspecified atom stereocenters. The summed E-state index contributed by atoms with van der Waals surface area (Å²) in [6, 6.07) is 6.13. The Kier molecular flexibility index (Phi) is 3.67. The largest absolute Gasteiger partial charge is 0.514 e. The first-order valence-corrected chi connectivity index (χ1v) is 4.84. The number of carbonyl (C=O) groups excluding carboxylic acids is 1. The first-order valence-electron chi connectivity index (χ1n) is 4.84. The molecule has 1 rings (SSSR count). The third kappa shape index (κ3) is 4.50. The molecule has 0 saturated carbocycles. The van der Waals surface area contributed by atoms with Crippen molar-refractivity contribution < 1.29 is 19.2 Å². The van der Waals surface area contributed by atoms with Crippen LogP contribution in [-0.4, -0.2) is 16.7 Å². The topological polar surface area (TPSA) is 78.7 Å². The van der Waals surface area contributed by atoms with E-state index in [4.69, 9.17) is 9.47 Å². The first-order chi connectivity index (χ1) is 7.78. The maximum atomic E-state index is 11.3. The monoisotopic (exact) mass is 238 g/mol. The Bertz CT molecular complexity index is 436. The molecule has 0 aliphatic carbocycles. The number of rotatable bonds is 2. The van der Waals surface area contributed by atoms with Gasteiger partial charge in [0.25, 0.3) is 5.69 Å². The van der Waals surface area contributed by atoms with E-state index in [9.17, 15) is 14.9 Å². The number of nitro benzene ring substituents is 1. The molecule has 1 aromatic rings. The molecule has 6 heteroatoms. The minimum atomic E-state index is -0.911. The molecular weight excluding hydrogens is 226 g/mol. The van der Waals surface area contributed by atoms with Gasteiger partial charge in [0.1, 0.15) is 11.4 Å². The number of hydrogen-bond acceptors (Lipinski definition) is 5. The molecule has 1 radical (unpaired) electrons. The summed E-state index contributed by atoms with van der Waals surface area (Å²) in [5, 5.41) is 10.5. The Labute approximate surface area is 98.3 Å². The lowest BCUT2D eigenvalue weighted by molar-refractivity contribution is -0.384. The average molecular weight is 238 g/mol. The molecular formula is C11H12NO5. The quantitative estimate of drug-likeness (QED) is 0.342. The van der Waals surface area contributed by atoms with Crippen LogP contribution in [0.2, 0.25) is 0 Å². The van der Waals surface area contributed by atoms with Crippen molar-refractivity contribution in [2.24, 2.45) is 0 Å². The number of benzene rings is 1. The second-order valence-electron chi connectivity index (χ2n) is 4.25. The van der Waals surface area contributed by atoms with E-state index in [0.29, 0.717) is 0 Å². The van der Waals surface area contributed by atoms with Gasteiger partial charge in [-0.05, 0) is 32.9 Å². The van der Waals surface area contributed by atoms with Crippen LogP contribution >= 0.6 is 0 Å². The predicted octanol–water partition coefficient (Wildman–Crippen LogP) is 2.71. The van der Waals surface area contributed by atoms with E-state index in [1.165, 1.54) is 12.1 Å². The first kappa shape index (κ1) is 13.0. The molecule has 1 aromatic carbocycles. The molecule has 91 valence electrons. The molecule has 0 heterocycles. The van der Waals surface area contributed by atoms with E-state index in [2.05, 4.69) is 6.07 Å². The van der Waals surface area contributed by atoms with Crippen molar-refractivity contribution in [1.82, 2.24) is 0 Å². The van der Waals surface area contributed by atoms with E-state index in [1.807, 2.05) is 0 Å². The van der Waals surface area contributed by atoms with Crippen LogP contribution in [0, 0.1) is 16.2 Å². The van der Waals surface area contributed by atoms with E-state index in [1.54, 1.807) is 20.8 Å². The molecule has 0 N–H and O–H groups in total. The highest BCUT2D eigenvalue weighted by Gasteiger charge is 2.18. The molecule has 0 atom stereocenters. The molecule has 0 aliphatic rings. The fourth-order valence-corrected chi connectivity index (χ4v) is 0.970. The summed E-state index contributed by atoms with van der Waals surface area (Å²) in [5.41, 5.74) is -0.882. The molecule has 0 fully saturated rings. The fourth-order valence-electron chi connectivity index (χ4n) is 0.970. The molecule has 0 bridgehead atoms. The summed E-state index contributed by atoms with van der Waals surface area (Å²) in [6.07, 6.45) is -0.911. The van der Waals surface area contributed by atoms with E-state index >= 15 is 0 Å². The van der Waals surface area contributed by atoms with Crippen LogP contribution in [0.25, 0.3) is 0 Å². The van der Waals surface area contributed by atoms with Gasteiger partial charge in [-0.15, -0.1) is 0 Å². The number of nitrogens with zero attached hydrogens (tertiary/aromatic N) is 1. The molecule has 0 amide bonds. The van der Waals surface area contributed by atoms with Crippen molar-refractivity contribution in [3.63, 3.8) is 0 Å². The van der Waals surface area contributed by atoms with E-state index in [0.717, 1.165) is 6.07 Å². The Morgan fingerprint density at radius 3 is 2.59 bits per heavy atom. The van der Waals surface area contributed by atoms with Gasteiger partial charge in [-0.1, -0.05) is 0 Å². The minimum absolute atomic E-state index is 0.0217. The Balaban J connectivity index is 2.72. The standard InChI is InChI=1S/C11H12NO5/c1-11(2,3)17-10(13)16-9-6-4-5-8(7-9)12(14)15/h5-7H,1-3H3. The average Bonchev–Trinajstić information content (AvgIpc) is 2.14. The van der Waals surface area contributed by atoms with Crippen LogP contribution in [0.3, 0.4) is 0 Å². The second kappa shape index (κ2) is 4.82. The Morgan fingerprint density at radius 1 is 1.41 bits per heavy atom. The lowest BCUT2D eigenvalue weighted by Crippen LogP contribution is -2.25. The summed E-state index contributed by atoms with van der Waals surface area (Å²) in [4.78, 5) is 21.2. The van der Waals surface area contributed by atoms with Crippen LogP contribution in [0.15, 0.2) is 18.2 Å². The maximum absolute atomic E-state index is 11.3. The molecule has 6 nitrogen and oxygen atoms in total. The zero-order chi connectivity index (χ0) is 13.1. The Morgan fingerprint density at radius 2 is 2.06 bits per heavy atom. The zero-order valence-electron chi connectivity index (χ0n) is 9.72. The van der Waals surface area contributed by atoms with Crippen molar-refractivity contribution in [3.05, 3.63) is 34.4 Å². The van der Waals surface area contributed by atoms with Gasteiger partial charge in [-0.25, -0.2) is 4.79 Å². The number of hydrogen-bond donors (Lipinski definition) is 0. The van der Waals surface area contributed by atoms with Gasteiger partial charge in [0.2, 0.25) is 0 Å². The van der Waals surface area contributed by atoms with Gasteiger partial charge < -0.3 is 9.47 Å². The molecule has 0 aromatic heterocycles. The van der Waals surface area contributed by atoms with Crippen LogP contribution in [0.5, 0.6) is 5.75 Å². The van der Waals surface area contributed by atoms with Crippen LogP contribution in [0.1, 0.15) is 20.8 Å². The van der Waals surface area contributed by atoms with Gasteiger partial charge in [-0.2, -0.15) is 0 Å². The molecule has 17 heavy (non-hydrogen) atoms. The van der Waals surface area contributed by atoms with Crippen LogP contribution < -0.4 is 4.74 Å². The van der Waals surface area contributed by atoms with Crippen molar-refractivity contribution in [2.45, 2.75) is 26.4 Å². The third-order valence-corrected chi connectivity index (χ3v) is 1.55. The van der Waals surface area contributed by atoms with Crippen LogP contribution in [0.4, 0.5) is 10.5 Å². The molecule has 0 spiro atoms. The van der Waals surface area contributed by atoms with Gasteiger partial charge in [-0.3, -0.25) is 10.1 Å². The third-order valence-electron chi connectivity index (χ3n) is 1.55. The number of nitro groups is 1. The fraction of sp³-hybridized carbons (Fsp3) is 0.364. The zero-order valence-corrected chi connectivity index (χ0v) is 9.72. The van der Waals surface area contributed by atoms with Gasteiger partial charge >= 0.3 is 6.16 Å². The normalized spacial score (nSPS) is 10.8. The van der Waals surface area contributed by atoms with Gasteiger partial charge in [0.05, 0.1) is 11.0 Å². The highest BCUT2D eigenvalue weighted by Crippen LogP contribution is 2.20. The minimum Gasteiger partial charge on any atom is -0.428 e. The highest BCUT2D eigenvalue weighted by molar-refractivity contribution is 5.64. The van der Waals surface area contributed by atoms with Crippen molar-refractivity contribution in [3.8, 4) is 5.75 Å². The summed E-state index contributed by atoms with van der Waals surface area (Å²) >= 11 is 0. The summed E-state index contributed by atoms with van der Waals surface area (Å²) in [6.45, 7) is 5.06. The van der Waals surface area contributed by atoms with E-state index in [-0.39, 0.29) is 11.4 Å². The van der Waals surface area contributed by atoms with Crippen LogP contribution in [-0.2, 0) is 4.74 Å². The SMILES string of the molecule is CC(C)(C)OC(=O)Oc1c[c]cc([N+](=O)[O-])c1. The van der Waals surface area contributed by atoms with E-state index < -0.39 is 16.7 Å². The van der Waals surface area contributed by atoms with Crippen molar-refractivity contribution in [1.29, 1.82) is 0 Å². The predicted molar refractivity (Wildman–Crippen MR) is 58.8 cm³/mol. The number of carbonyl (C=O) groups is 1. The Hall–Kier alpha value is -2.11. The smallest absolute Gasteiger partial charge is 0.428 e. The summed E-state index contributed by atoms with van der Waals surface area (Å²) < 4.78 is 9.68. The van der Waals surface area contributed by atoms with Gasteiger partial charge in [0, 0.05) is 6.07 Å². The molecule has 0 aliphatic heterocycles. The number of non-ortho nitro benzene ring substituents is 1. The number of ether oxygens (including phenoxy) is 2. The second-order valence-corrected chi connectivity index (χ2v) is 4.25. The van der Waals surface area contributed by atoms with Gasteiger partial charge in [0.15, 0.2) is 0 Å². The van der Waals surface area contributed by atoms with Crippen molar-refractivity contribution in [2.75, 3.05) is 0 Å². The van der Waals surface area contributed by atoms with Crippen molar-refractivity contribution >= 4 is 11.8 Å². The lowest BCUT2D eigenvalue weighted by Gasteiger charge is -2.18. The lowest BCUT2D eigenvalue weighted by atomic mass is 10.2. The summed E-state index contributed by atoms with van der Waals surface area (Å²) in [5.74, 6) is 0.0217.